The highest BCUT2D eigenvalue weighted by atomic mass is 32.2. The van der Waals surface area contributed by atoms with Gasteiger partial charge in [0, 0.05) is 30.9 Å². The van der Waals surface area contributed by atoms with E-state index in [1.165, 1.54) is 0 Å². The Morgan fingerprint density at radius 2 is 1.96 bits per heavy atom. The molecule has 0 aliphatic heterocycles. The summed E-state index contributed by atoms with van der Waals surface area (Å²) in [6, 6.07) is 11.3. The Balaban J connectivity index is 1.96. The molecule has 0 saturated carbocycles. The summed E-state index contributed by atoms with van der Waals surface area (Å²) >= 11 is 0. The van der Waals surface area contributed by atoms with Crippen LogP contribution in [0.1, 0.15) is 18.1 Å². The van der Waals surface area contributed by atoms with Crippen LogP contribution in [-0.2, 0) is 23.1 Å². The first-order valence-electron chi connectivity index (χ1n) is 7.51. The Hall–Kier alpha value is -2.18. The van der Waals surface area contributed by atoms with Gasteiger partial charge in [0.1, 0.15) is 10.5 Å². The molecule has 0 atom stereocenters. The Morgan fingerprint density at radius 1 is 1.17 bits per heavy atom. The van der Waals surface area contributed by atoms with Crippen molar-refractivity contribution in [2.45, 2.75) is 31.8 Å². The van der Waals surface area contributed by atoms with Gasteiger partial charge in [0.15, 0.2) is 0 Å². The lowest BCUT2D eigenvalue weighted by Crippen LogP contribution is -2.23. The number of aryl methyl sites for hydroxylation is 2. The quantitative estimate of drug-likeness (QED) is 0.783. The minimum absolute atomic E-state index is 0.272. The summed E-state index contributed by atoms with van der Waals surface area (Å²) in [6.07, 6.45) is 3.32. The molecule has 0 fully saturated rings. The number of fused-ring (bicyclic) bond motifs is 1. The molecule has 0 bridgehead atoms. The van der Waals surface area contributed by atoms with Crippen LogP contribution < -0.4 is 4.72 Å². The molecule has 6 heteroatoms. The predicted octanol–water partition coefficient (Wildman–Crippen LogP) is 2.84. The molecule has 3 rings (SSSR count). The number of sulfonamides is 1. The van der Waals surface area contributed by atoms with E-state index in [0.29, 0.717) is 17.6 Å². The van der Waals surface area contributed by atoms with Crippen LogP contribution in [0.15, 0.2) is 53.7 Å². The van der Waals surface area contributed by atoms with Gasteiger partial charge in [0.2, 0.25) is 10.0 Å². The number of nitrogens with one attached hydrogen (secondary N) is 1. The molecular weight excluding hydrogens is 310 g/mol. The average molecular weight is 329 g/mol. The number of benzene rings is 1. The van der Waals surface area contributed by atoms with E-state index in [4.69, 9.17) is 0 Å². The van der Waals surface area contributed by atoms with Crippen LogP contribution in [0.5, 0.6) is 0 Å². The lowest BCUT2D eigenvalue weighted by molar-refractivity contribution is 0.581. The van der Waals surface area contributed by atoms with Crippen LogP contribution >= 0.6 is 0 Å². The fraction of sp³-hybridized carbons (Fsp3) is 0.235. The summed E-state index contributed by atoms with van der Waals surface area (Å²) in [7, 11) is -3.60. The van der Waals surface area contributed by atoms with Crippen molar-refractivity contribution < 1.29 is 8.42 Å². The molecule has 2 heterocycles. The molecule has 2 aromatic heterocycles. The van der Waals surface area contributed by atoms with E-state index in [2.05, 4.69) is 9.71 Å². The van der Waals surface area contributed by atoms with Gasteiger partial charge in [-0.15, -0.1) is 0 Å². The third-order valence-corrected chi connectivity index (χ3v) is 5.37. The summed E-state index contributed by atoms with van der Waals surface area (Å²) < 4.78 is 30.0. The zero-order valence-corrected chi connectivity index (χ0v) is 14.0. The highest BCUT2D eigenvalue weighted by Gasteiger charge is 2.21. The minimum atomic E-state index is -3.60. The molecule has 0 unspecified atom stereocenters. The summed E-state index contributed by atoms with van der Waals surface area (Å²) in [4.78, 5) is 4.56. The van der Waals surface area contributed by atoms with Crippen LogP contribution in [0, 0.1) is 6.92 Å². The molecule has 120 valence electrons. The van der Waals surface area contributed by atoms with E-state index in [-0.39, 0.29) is 11.4 Å². The molecule has 5 nitrogen and oxygen atoms in total. The molecule has 23 heavy (non-hydrogen) atoms. The molecule has 0 saturated heterocycles. The molecule has 3 aromatic rings. The van der Waals surface area contributed by atoms with Crippen molar-refractivity contribution in [2.24, 2.45) is 0 Å². The fourth-order valence-corrected chi connectivity index (χ4v) is 3.82. The maximum absolute atomic E-state index is 12.7. The van der Waals surface area contributed by atoms with E-state index < -0.39 is 10.0 Å². The van der Waals surface area contributed by atoms with Crippen molar-refractivity contribution in [1.82, 2.24) is 14.3 Å². The second-order valence-corrected chi connectivity index (χ2v) is 7.14. The molecule has 0 amide bonds. The van der Waals surface area contributed by atoms with Crippen molar-refractivity contribution >= 4 is 21.1 Å². The van der Waals surface area contributed by atoms with Gasteiger partial charge in [0.25, 0.3) is 0 Å². The number of aromatic nitrogens is 2. The molecule has 0 aliphatic rings. The lowest BCUT2D eigenvalue weighted by atomic mass is 10.1. The number of pyridine rings is 1. The summed E-state index contributed by atoms with van der Waals surface area (Å²) in [6.45, 7) is 4.87. The minimum Gasteiger partial charge on any atom is -0.331 e. The molecule has 1 aromatic carbocycles. The Labute approximate surface area is 136 Å². The number of nitrogens with zero attached hydrogens (tertiary/aromatic N) is 2. The normalized spacial score (nSPS) is 11.9. The van der Waals surface area contributed by atoms with E-state index in [1.54, 1.807) is 24.5 Å². The highest BCUT2D eigenvalue weighted by Crippen LogP contribution is 2.24. The average Bonchev–Trinajstić information content (AvgIpc) is 2.94. The summed E-state index contributed by atoms with van der Waals surface area (Å²) in [5.74, 6) is 0. The first-order chi connectivity index (χ1) is 11.0. The third-order valence-electron chi connectivity index (χ3n) is 3.94. The molecule has 0 spiro atoms. The highest BCUT2D eigenvalue weighted by molar-refractivity contribution is 7.89. The van der Waals surface area contributed by atoms with Crippen molar-refractivity contribution in [3.63, 3.8) is 0 Å². The standard InChI is InChI=1S/C17H19N3O2S/c1-3-20-12-16(15-9-6-10-18-17(15)20)23(21,22)19-11-14-8-5-4-7-13(14)2/h4-10,12,19H,3,11H2,1-2H3. The van der Waals surface area contributed by atoms with Crippen LogP contribution in [0.4, 0.5) is 0 Å². The van der Waals surface area contributed by atoms with Gasteiger partial charge < -0.3 is 4.57 Å². The van der Waals surface area contributed by atoms with Crippen LogP contribution in [0.25, 0.3) is 11.0 Å². The predicted molar refractivity (Wildman–Crippen MR) is 90.6 cm³/mol. The maximum atomic E-state index is 12.7. The molecular formula is C17H19N3O2S. The summed E-state index contributed by atoms with van der Waals surface area (Å²) in [5.41, 5.74) is 2.72. The third kappa shape index (κ3) is 3.00. The molecule has 0 radical (unpaired) electrons. The first kappa shape index (κ1) is 15.7. The van der Waals surface area contributed by atoms with Crippen molar-refractivity contribution in [3.05, 3.63) is 59.9 Å². The van der Waals surface area contributed by atoms with Gasteiger partial charge in [-0.3, -0.25) is 0 Å². The van der Waals surface area contributed by atoms with Crippen molar-refractivity contribution in [3.8, 4) is 0 Å². The Bertz CT molecular complexity index is 945. The van der Waals surface area contributed by atoms with E-state index >= 15 is 0 Å². The second-order valence-electron chi connectivity index (χ2n) is 5.40. The number of hydrogen-bond acceptors (Lipinski definition) is 3. The molecule has 0 aliphatic carbocycles. The van der Waals surface area contributed by atoms with Gasteiger partial charge >= 0.3 is 0 Å². The first-order valence-corrected chi connectivity index (χ1v) is 8.99. The number of rotatable bonds is 5. The van der Waals surface area contributed by atoms with E-state index in [9.17, 15) is 8.42 Å². The van der Waals surface area contributed by atoms with Crippen LogP contribution in [0.2, 0.25) is 0 Å². The lowest BCUT2D eigenvalue weighted by Gasteiger charge is -2.08. The topological polar surface area (TPSA) is 64.0 Å². The van der Waals surface area contributed by atoms with Gasteiger partial charge in [-0.2, -0.15) is 0 Å². The van der Waals surface area contributed by atoms with Gasteiger partial charge in [-0.1, -0.05) is 24.3 Å². The Kier molecular flexibility index (Phi) is 4.19. The zero-order valence-electron chi connectivity index (χ0n) is 13.2. The maximum Gasteiger partial charge on any atom is 0.243 e. The van der Waals surface area contributed by atoms with E-state index in [1.807, 2.05) is 42.7 Å². The van der Waals surface area contributed by atoms with Gasteiger partial charge in [0.05, 0.1) is 0 Å². The van der Waals surface area contributed by atoms with Crippen LogP contribution in [0.3, 0.4) is 0 Å². The smallest absolute Gasteiger partial charge is 0.243 e. The zero-order chi connectivity index (χ0) is 16.4. The van der Waals surface area contributed by atoms with E-state index in [0.717, 1.165) is 11.1 Å². The summed E-state index contributed by atoms with van der Waals surface area (Å²) in [5, 5.41) is 0.645. The van der Waals surface area contributed by atoms with Crippen LogP contribution in [-0.4, -0.2) is 18.0 Å². The largest absolute Gasteiger partial charge is 0.331 e. The Morgan fingerprint density at radius 3 is 2.70 bits per heavy atom. The fourth-order valence-electron chi connectivity index (χ4n) is 2.60. The van der Waals surface area contributed by atoms with Crippen molar-refractivity contribution in [1.29, 1.82) is 0 Å². The number of hydrogen-bond donors (Lipinski definition) is 1. The van der Waals surface area contributed by atoms with Gasteiger partial charge in [-0.05, 0) is 37.1 Å². The SMILES string of the molecule is CCn1cc(S(=O)(=O)NCc2ccccc2C)c2cccnc21. The van der Waals surface area contributed by atoms with Gasteiger partial charge in [-0.25, -0.2) is 18.1 Å². The molecule has 1 N–H and O–H groups in total. The van der Waals surface area contributed by atoms with Crippen molar-refractivity contribution in [2.75, 3.05) is 0 Å². The monoisotopic (exact) mass is 329 g/mol. The second kappa shape index (κ2) is 6.14.